The van der Waals surface area contributed by atoms with Crippen LogP contribution in [0.15, 0.2) is 41.8 Å². The van der Waals surface area contributed by atoms with Crippen molar-refractivity contribution in [3.8, 4) is 34.3 Å². The van der Waals surface area contributed by atoms with Gasteiger partial charge in [0.25, 0.3) is 5.91 Å². The molecule has 3 rings (SSSR count). The Morgan fingerprint density at radius 3 is 2.14 bits per heavy atom. The molecule has 0 atom stereocenters. The topological polar surface area (TPSA) is 78.9 Å². The molecule has 2 aromatic carbocycles. The van der Waals surface area contributed by atoms with E-state index < -0.39 is 0 Å². The normalized spacial score (nSPS) is 10.3. The molecule has 28 heavy (non-hydrogen) atoms. The zero-order chi connectivity index (χ0) is 20.1. The minimum atomic E-state index is -0.353. The lowest BCUT2D eigenvalue weighted by Crippen LogP contribution is -2.13. The second kappa shape index (κ2) is 8.62. The molecule has 0 spiro atoms. The third-order valence-corrected chi connectivity index (χ3v) is 4.82. The van der Waals surface area contributed by atoms with Crippen molar-refractivity contribution in [1.29, 1.82) is 0 Å². The Morgan fingerprint density at radius 2 is 1.54 bits per heavy atom. The van der Waals surface area contributed by atoms with Crippen molar-refractivity contribution in [2.45, 2.75) is 0 Å². The summed E-state index contributed by atoms with van der Waals surface area (Å²) in [5.41, 5.74) is 2.02. The molecule has 0 bridgehead atoms. The number of amides is 1. The highest BCUT2D eigenvalue weighted by Gasteiger charge is 2.19. The molecule has 0 aliphatic heterocycles. The monoisotopic (exact) mass is 400 g/mol. The molecule has 3 aromatic rings. The van der Waals surface area contributed by atoms with Crippen molar-refractivity contribution in [3.05, 3.63) is 47.3 Å². The molecule has 8 heteroatoms. The first-order valence-electron chi connectivity index (χ1n) is 8.31. The van der Waals surface area contributed by atoms with Crippen molar-refractivity contribution < 1.29 is 23.7 Å². The summed E-state index contributed by atoms with van der Waals surface area (Å²) < 4.78 is 21.0. The van der Waals surface area contributed by atoms with E-state index in [2.05, 4.69) is 10.3 Å². The largest absolute Gasteiger partial charge is 0.497 e. The molecule has 0 unspecified atom stereocenters. The van der Waals surface area contributed by atoms with Crippen LogP contribution in [0.1, 0.15) is 10.4 Å². The highest BCUT2D eigenvalue weighted by molar-refractivity contribution is 7.14. The molecule has 7 nitrogen and oxygen atoms in total. The lowest BCUT2D eigenvalue weighted by molar-refractivity contribution is 0.102. The Hall–Kier alpha value is -3.26. The van der Waals surface area contributed by atoms with Crippen LogP contribution >= 0.6 is 11.3 Å². The lowest BCUT2D eigenvalue weighted by Gasteiger charge is -2.13. The summed E-state index contributed by atoms with van der Waals surface area (Å²) in [6.45, 7) is 0. The van der Waals surface area contributed by atoms with Gasteiger partial charge in [0.15, 0.2) is 16.6 Å². The first-order chi connectivity index (χ1) is 13.6. The SMILES string of the molecule is COc1ccc(-c2csc(NC(=O)c3cc(OC)c(OC)cc3OC)n2)cc1. The molecule has 1 aromatic heterocycles. The van der Waals surface area contributed by atoms with Gasteiger partial charge in [-0.1, -0.05) is 0 Å². The molecule has 0 aliphatic rings. The molecular weight excluding hydrogens is 380 g/mol. The van der Waals surface area contributed by atoms with Gasteiger partial charge in [-0.15, -0.1) is 11.3 Å². The lowest BCUT2D eigenvalue weighted by atomic mass is 10.1. The van der Waals surface area contributed by atoms with Crippen molar-refractivity contribution in [1.82, 2.24) is 4.98 Å². The number of nitrogens with one attached hydrogen (secondary N) is 1. The zero-order valence-corrected chi connectivity index (χ0v) is 16.8. The van der Waals surface area contributed by atoms with Crippen LogP contribution in [-0.2, 0) is 0 Å². The van der Waals surface area contributed by atoms with Crippen LogP contribution < -0.4 is 24.3 Å². The van der Waals surface area contributed by atoms with Crippen LogP contribution in [-0.4, -0.2) is 39.3 Å². The van der Waals surface area contributed by atoms with Gasteiger partial charge < -0.3 is 18.9 Å². The number of carbonyl (C=O) groups is 1. The first-order valence-corrected chi connectivity index (χ1v) is 9.19. The average Bonchev–Trinajstić information content (AvgIpc) is 3.21. The van der Waals surface area contributed by atoms with E-state index in [1.54, 1.807) is 19.2 Å². The highest BCUT2D eigenvalue weighted by atomic mass is 32.1. The minimum absolute atomic E-state index is 0.321. The fourth-order valence-electron chi connectivity index (χ4n) is 2.60. The Bertz CT molecular complexity index is 969. The van der Waals surface area contributed by atoms with Crippen LogP contribution in [0.3, 0.4) is 0 Å². The van der Waals surface area contributed by atoms with E-state index >= 15 is 0 Å². The van der Waals surface area contributed by atoms with Gasteiger partial charge in [-0.2, -0.15) is 0 Å². The molecule has 1 heterocycles. The summed E-state index contributed by atoms with van der Waals surface area (Å²) >= 11 is 1.34. The number of carbonyl (C=O) groups excluding carboxylic acids is 1. The van der Waals surface area contributed by atoms with E-state index in [-0.39, 0.29) is 5.91 Å². The van der Waals surface area contributed by atoms with Crippen molar-refractivity contribution in [3.63, 3.8) is 0 Å². The van der Waals surface area contributed by atoms with Crippen LogP contribution in [0.4, 0.5) is 5.13 Å². The van der Waals surface area contributed by atoms with Gasteiger partial charge in [-0.3, -0.25) is 10.1 Å². The highest BCUT2D eigenvalue weighted by Crippen LogP contribution is 2.35. The second-order valence-corrected chi connectivity index (χ2v) is 6.49. The molecule has 0 fully saturated rings. The minimum Gasteiger partial charge on any atom is -0.497 e. The summed E-state index contributed by atoms with van der Waals surface area (Å²) in [4.78, 5) is 17.2. The van der Waals surface area contributed by atoms with E-state index in [1.165, 1.54) is 32.7 Å². The average molecular weight is 400 g/mol. The van der Waals surface area contributed by atoms with Gasteiger partial charge in [0.1, 0.15) is 11.5 Å². The van der Waals surface area contributed by atoms with Gasteiger partial charge >= 0.3 is 0 Å². The predicted octanol–water partition coefficient (Wildman–Crippen LogP) is 4.10. The number of aromatic nitrogens is 1. The first kappa shape index (κ1) is 19.5. The number of hydrogen-bond acceptors (Lipinski definition) is 7. The maximum absolute atomic E-state index is 12.8. The molecule has 0 radical (unpaired) electrons. The molecule has 1 N–H and O–H groups in total. The van der Waals surface area contributed by atoms with Gasteiger partial charge in [0, 0.05) is 23.1 Å². The van der Waals surface area contributed by atoms with E-state index in [9.17, 15) is 4.79 Å². The molecule has 146 valence electrons. The van der Waals surface area contributed by atoms with Gasteiger partial charge in [-0.05, 0) is 24.3 Å². The molecule has 0 saturated carbocycles. The second-order valence-electron chi connectivity index (χ2n) is 5.63. The van der Waals surface area contributed by atoms with Crippen LogP contribution in [0.25, 0.3) is 11.3 Å². The number of nitrogens with zero attached hydrogens (tertiary/aromatic N) is 1. The number of hydrogen-bond donors (Lipinski definition) is 1. The third kappa shape index (κ3) is 4.01. The standard InChI is InChI=1S/C20H20N2O5S/c1-24-13-7-5-12(6-8-13)15-11-28-20(21-15)22-19(23)14-9-17(26-3)18(27-4)10-16(14)25-2/h5-11H,1-4H3,(H,21,22,23). The molecule has 0 saturated heterocycles. The van der Waals surface area contributed by atoms with Crippen LogP contribution in [0.2, 0.25) is 0 Å². The van der Waals surface area contributed by atoms with Crippen molar-refractivity contribution in [2.24, 2.45) is 0 Å². The van der Waals surface area contributed by atoms with Gasteiger partial charge in [-0.25, -0.2) is 4.98 Å². The Kier molecular flexibility index (Phi) is 6.00. The van der Waals surface area contributed by atoms with E-state index in [1.807, 2.05) is 29.6 Å². The smallest absolute Gasteiger partial charge is 0.261 e. The Morgan fingerprint density at radius 1 is 0.893 bits per heavy atom. The van der Waals surface area contributed by atoms with E-state index in [4.69, 9.17) is 18.9 Å². The van der Waals surface area contributed by atoms with Gasteiger partial charge in [0.2, 0.25) is 0 Å². The zero-order valence-electron chi connectivity index (χ0n) is 15.9. The molecule has 1 amide bonds. The van der Waals surface area contributed by atoms with Crippen LogP contribution in [0, 0.1) is 0 Å². The van der Waals surface area contributed by atoms with E-state index in [0.29, 0.717) is 27.9 Å². The Balaban J connectivity index is 1.82. The number of methoxy groups -OCH3 is 4. The third-order valence-electron chi connectivity index (χ3n) is 4.06. The number of rotatable bonds is 7. The summed E-state index contributed by atoms with van der Waals surface area (Å²) in [5.74, 6) is 1.71. The van der Waals surface area contributed by atoms with Crippen molar-refractivity contribution >= 4 is 22.4 Å². The van der Waals surface area contributed by atoms with Gasteiger partial charge in [0.05, 0.1) is 39.7 Å². The molecule has 0 aliphatic carbocycles. The van der Waals surface area contributed by atoms with Crippen LogP contribution in [0.5, 0.6) is 23.0 Å². The molecular formula is C20H20N2O5S. The van der Waals surface area contributed by atoms with Crippen molar-refractivity contribution in [2.75, 3.05) is 33.8 Å². The summed E-state index contributed by atoms with van der Waals surface area (Å²) in [7, 11) is 6.14. The fourth-order valence-corrected chi connectivity index (χ4v) is 3.31. The summed E-state index contributed by atoms with van der Waals surface area (Å²) in [6.07, 6.45) is 0. The number of thiazole rings is 1. The Labute approximate surface area is 166 Å². The maximum Gasteiger partial charge on any atom is 0.261 e. The number of anilines is 1. The number of benzene rings is 2. The predicted molar refractivity (Wildman–Crippen MR) is 108 cm³/mol. The maximum atomic E-state index is 12.8. The summed E-state index contributed by atoms with van der Waals surface area (Å²) in [5, 5.41) is 5.16. The summed E-state index contributed by atoms with van der Waals surface area (Å²) in [6, 6.07) is 10.7. The van der Waals surface area contributed by atoms with E-state index in [0.717, 1.165) is 17.0 Å². The fraction of sp³-hybridized carbons (Fsp3) is 0.200. The number of ether oxygens (including phenoxy) is 4. The quantitative estimate of drug-likeness (QED) is 0.643.